The van der Waals surface area contributed by atoms with E-state index in [2.05, 4.69) is 54.6 Å². The van der Waals surface area contributed by atoms with Crippen molar-refractivity contribution in [3.63, 3.8) is 0 Å². The van der Waals surface area contributed by atoms with E-state index in [4.69, 9.17) is 0 Å². The molecule has 3 heteroatoms. The SMILES string of the molecule is Cc1cc(C)c(-n2ccnc2-c2ccccc2)c(C)c1.[Ir+3]. The number of imidazole rings is 1. The molecule has 0 unspecified atom stereocenters. The van der Waals surface area contributed by atoms with Crippen LogP contribution in [0.5, 0.6) is 0 Å². The van der Waals surface area contributed by atoms with Crippen LogP contribution in [0.2, 0.25) is 0 Å². The molecule has 1 heterocycles. The molecule has 0 aliphatic heterocycles. The number of benzene rings is 2. The van der Waals surface area contributed by atoms with E-state index in [9.17, 15) is 0 Å². The minimum Gasteiger partial charge on any atom is -0.299 e. The summed E-state index contributed by atoms with van der Waals surface area (Å²) in [5.41, 5.74) is 6.21. The van der Waals surface area contributed by atoms with Crippen molar-refractivity contribution in [3.05, 3.63) is 71.5 Å². The van der Waals surface area contributed by atoms with Crippen LogP contribution < -0.4 is 0 Å². The van der Waals surface area contributed by atoms with Crippen molar-refractivity contribution in [2.75, 3.05) is 0 Å². The number of hydrogen-bond acceptors (Lipinski definition) is 1. The van der Waals surface area contributed by atoms with E-state index in [1.807, 2.05) is 30.6 Å². The van der Waals surface area contributed by atoms with Crippen molar-refractivity contribution in [1.82, 2.24) is 9.55 Å². The van der Waals surface area contributed by atoms with Gasteiger partial charge in [0.05, 0.1) is 5.69 Å². The van der Waals surface area contributed by atoms with E-state index in [0.717, 1.165) is 11.4 Å². The first-order valence-corrected chi connectivity index (χ1v) is 6.84. The molecule has 0 bridgehead atoms. The Labute approximate surface area is 139 Å². The topological polar surface area (TPSA) is 17.8 Å². The zero-order valence-electron chi connectivity index (χ0n) is 12.4. The maximum atomic E-state index is 4.53. The largest absolute Gasteiger partial charge is 3.00 e. The zero-order valence-corrected chi connectivity index (χ0v) is 14.8. The van der Waals surface area contributed by atoms with Crippen LogP contribution >= 0.6 is 0 Å². The molecule has 0 aliphatic carbocycles. The number of hydrogen-bond donors (Lipinski definition) is 0. The predicted octanol–water partition coefficient (Wildman–Crippen LogP) is 4.46. The molecule has 0 aliphatic rings. The van der Waals surface area contributed by atoms with Crippen LogP contribution in [0.15, 0.2) is 54.9 Å². The summed E-state index contributed by atoms with van der Waals surface area (Å²) in [4.78, 5) is 4.53. The predicted molar refractivity (Wildman–Crippen MR) is 83.2 cm³/mol. The van der Waals surface area contributed by atoms with Gasteiger partial charge in [-0.3, -0.25) is 4.57 Å². The van der Waals surface area contributed by atoms with Gasteiger partial charge < -0.3 is 0 Å². The van der Waals surface area contributed by atoms with Crippen LogP contribution in [0.25, 0.3) is 17.1 Å². The molecule has 0 N–H and O–H groups in total. The Morgan fingerprint density at radius 2 is 1.52 bits per heavy atom. The van der Waals surface area contributed by atoms with Crippen LogP contribution in [0.1, 0.15) is 16.7 Å². The summed E-state index contributed by atoms with van der Waals surface area (Å²) in [5, 5.41) is 0. The van der Waals surface area contributed by atoms with Crippen molar-refractivity contribution in [2.24, 2.45) is 0 Å². The molecule has 2 aromatic carbocycles. The molecular weight excluding hydrogens is 436 g/mol. The van der Waals surface area contributed by atoms with E-state index in [1.165, 1.54) is 22.4 Å². The van der Waals surface area contributed by atoms with Crippen LogP contribution in [0, 0.1) is 20.8 Å². The van der Waals surface area contributed by atoms with Gasteiger partial charge in [-0.25, -0.2) is 4.98 Å². The third kappa shape index (κ3) is 2.99. The number of rotatable bonds is 2. The van der Waals surface area contributed by atoms with E-state index in [-0.39, 0.29) is 20.1 Å². The fraction of sp³-hybridized carbons (Fsp3) is 0.167. The van der Waals surface area contributed by atoms with Crippen LogP contribution in [0.3, 0.4) is 0 Å². The minimum atomic E-state index is 0. The maximum absolute atomic E-state index is 4.53. The maximum Gasteiger partial charge on any atom is 3.00 e. The van der Waals surface area contributed by atoms with Crippen LogP contribution in [-0.2, 0) is 20.1 Å². The number of nitrogens with zero attached hydrogens (tertiary/aromatic N) is 2. The summed E-state index contributed by atoms with van der Waals surface area (Å²) < 4.78 is 2.18. The first-order valence-electron chi connectivity index (χ1n) is 6.84. The zero-order chi connectivity index (χ0) is 14.1. The van der Waals surface area contributed by atoms with E-state index < -0.39 is 0 Å². The van der Waals surface area contributed by atoms with Crippen molar-refractivity contribution in [1.29, 1.82) is 0 Å². The normalized spacial score (nSPS) is 10.2. The van der Waals surface area contributed by atoms with Gasteiger partial charge in [0.25, 0.3) is 0 Å². The fourth-order valence-electron chi connectivity index (χ4n) is 2.84. The van der Waals surface area contributed by atoms with Gasteiger partial charge in [0.2, 0.25) is 0 Å². The molecule has 0 amide bonds. The number of aryl methyl sites for hydroxylation is 3. The van der Waals surface area contributed by atoms with Gasteiger partial charge in [0.1, 0.15) is 5.82 Å². The van der Waals surface area contributed by atoms with E-state index in [1.54, 1.807) is 0 Å². The van der Waals surface area contributed by atoms with Crippen molar-refractivity contribution in [3.8, 4) is 17.1 Å². The molecule has 0 saturated heterocycles. The quantitative estimate of drug-likeness (QED) is 0.559. The number of aromatic nitrogens is 2. The van der Waals surface area contributed by atoms with Crippen molar-refractivity contribution in [2.45, 2.75) is 20.8 Å². The second-order valence-corrected chi connectivity index (χ2v) is 5.23. The third-order valence-corrected chi connectivity index (χ3v) is 3.55. The Morgan fingerprint density at radius 1 is 0.905 bits per heavy atom. The summed E-state index contributed by atoms with van der Waals surface area (Å²) >= 11 is 0. The Hall–Kier alpha value is -1.70. The molecule has 3 aromatic rings. The summed E-state index contributed by atoms with van der Waals surface area (Å²) in [6, 6.07) is 14.7. The van der Waals surface area contributed by atoms with Crippen LogP contribution in [-0.4, -0.2) is 9.55 Å². The average molecular weight is 455 g/mol. The van der Waals surface area contributed by atoms with Gasteiger partial charge in [0.15, 0.2) is 0 Å². The monoisotopic (exact) mass is 455 g/mol. The molecule has 0 saturated carbocycles. The van der Waals surface area contributed by atoms with E-state index >= 15 is 0 Å². The van der Waals surface area contributed by atoms with Gasteiger partial charge >= 0.3 is 20.1 Å². The molecule has 106 valence electrons. The smallest absolute Gasteiger partial charge is 0.299 e. The summed E-state index contributed by atoms with van der Waals surface area (Å²) in [6.45, 7) is 6.45. The molecule has 0 radical (unpaired) electrons. The Kier molecular flexibility index (Phi) is 4.76. The molecule has 0 fully saturated rings. The van der Waals surface area contributed by atoms with Gasteiger partial charge in [0, 0.05) is 18.0 Å². The summed E-state index contributed by atoms with van der Waals surface area (Å²) in [6.07, 6.45) is 3.90. The Balaban J connectivity index is 0.00000161. The standard InChI is InChI=1S/C18H18N2.Ir/c1-13-11-14(2)17(15(3)12-13)20-10-9-19-18(20)16-7-5-4-6-8-16;/h4-12H,1-3H3;/q;+3. The molecule has 3 rings (SSSR count). The van der Waals surface area contributed by atoms with Crippen LogP contribution in [0.4, 0.5) is 0 Å². The Morgan fingerprint density at radius 3 is 2.14 bits per heavy atom. The third-order valence-electron chi connectivity index (χ3n) is 3.55. The molecule has 0 atom stereocenters. The minimum absolute atomic E-state index is 0. The molecule has 0 spiro atoms. The molecule has 2 nitrogen and oxygen atoms in total. The Bertz CT molecular complexity index is 722. The van der Waals surface area contributed by atoms with Crippen molar-refractivity contribution < 1.29 is 20.1 Å². The average Bonchev–Trinajstić information content (AvgIpc) is 2.87. The molecule has 1 aromatic heterocycles. The second-order valence-electron chi connectivity index (χ2n) is 5.23. The van der Waals surface area contributed by atoms with Gasteiger partial charge in [-0.2, -0.15) is 0 Å². The molecular formula is C18H18IrN2+3. The van der Waals surface area contributed by atoms with Gasteiger partial charge in [-0.15, -0.1) is 0 Å². The summed E-state index contributed by atoms with van der Waals surface area (Å²) in [7, 11) is 0. The fourth-order valence-corrected chi connectivity index (χ4v) is 2.84. The summed E-state index contributed by atoms with van der Waals surface area (Å²) in [5.74, 6) is 0.987. The first kappa shape index (κ1) is 15.7. The van der Waals surface area contributed by atoms with Gasteiger partial charge in [-0.05, 0) is 31.9 Å². The second kappa shape index (κ2) is 6.38. The van der Waals surface area contributed by atoms with Gasteiger partial charge in [-0.1, -0.05) is 48.0 Å². The van der Waals surface area contributed by atoms with Crippen molar-refractivity contribution >= 4 is 0 Å². The molecule has 21 heavy (non-hydrogen) atoms. The first-order chi connectivity index (χ1) is 9.66. The van der Waals surface area contributed by atoms with E-state index in [0.29, 0.717) is 0 Å².